The molecule has 0 atom stereocenters. The molecule has 0 aromatic rings. The van der Waals surface area contributed by atoms with E-state index >= 15 is 0 Å². The Bertz CT molecular complexity index is 161. The van der Waals surface area contributed by atoms with Gasteiger partial charge in [0.25, 0.3) is 0 Å². The van der Waals surface area contributed by atoms with Crippen molar-refractivity contribution in [1.82, 2.24) is 4.90 Å². The standard InChI is InChI=1S/C12H26N2S/c1-3-7-14(8-4-2)12(11-13)5-9-15-10-6-12/h3-11,13H2,1-2H3. The number of rotatable bonds is 6. The normalized spacial score (nSPS) is 20.8. The molecule has 0 unspecified atom stereocenters. The van der Waals surface area contributed by atoms with Crippen molar-refractivity contribution in [3.05, 3.63) is 0 Å². The molecule has 0 aliphatic carbocycles. The van der Waals surface area contributed by atoms with Crippen LogP contribution in [-0.4, -0.2) is 41.6 Å². The van der Waals surface area contributed by atoms with Crippen molar-refractivity contribution in [1.29, 1.82) is 0 Å². The lowest BCUT2D eigenvalue weighted by atomic mass is 9.89. The summed E-state index contributed by atoms with van der Waals surface area (Å²) in [6.07, 6.45) is 5.06. The van der Waals surface area contributed by atoms with Crippen LogP contribution in [-0.2, 0) is 0 Å². The highest BCUT2D eigenvalue weighted by Gasteiger charge is 2.35. The van der Waals surface area contributed by atoms with Crippen molar-refractivity contribution in [3.8, 4) is 0 Å². The molecule has 0 aromatic heterocycles. The third-order valence-electron chi connectivity index (χ3n) is 3.46. The first-order valence-electron chi connectivity index (χ1n) is 6.32. The Morgan fingerprint density at radius 2 is 1.67 bits per heavy atom. The van der Waals surface area contributed by atoms with Crippen molar-refractivity contribution in [2.45, 2.75) is 45.1 Å². The zero-order valence-electron chi connectivity index (χ0n) is 10.3. The maximum atomic E-state index is 6.05. The summed E-state index contributed by atoms with van der Waals surface area (Å²) < 4.78 is 0. The molecular weight excluding hydrogens is 204 g/mol. The highest BCUT2D eigenvalue weighted by molar-refractivity contribution is 7.99. The van der Waals surface area contributed by atoms with Gasteiger partial charge in [-0.3, -0.25) is 4.90 Å². The van der Waals surface area contributed by atoms with Crippen LogP contribution in [0.1, 0.15) is 39.5 Å². The molecule has 1 heterocycles. The number of hydrogen-bond donors (Lipinski definition) is 1. The molecule has 1 saturated heterocycles. The first kappa shape index (κ1) is 13.3. The maximum absolute atomic E-state index is 6.05. The molecule has 0 aromatic carbocycles. The van der Waals surface area contributed by atoms with Crippen molar-refractivity contribution < 1.29 is 0 Å². The minimum Gasteiger partial charge on any atom is -0.329 e. The zero-order valence-corrected chi connectivity index (χ0v) is 11.1. The van der Waals surface area contributed by atoms with Crippen molar-refractivity contribution in [3.63, 3.8) is 0 Å². The summed E-state index contributed by atoms with van der Waals surface area (Å²) in [5.74, 6) is 2.59. The van der Waals surface area contributed by atoms with E-state index in [0.29, 0.717) is 5.54 Å². The minimum atomic E-state index is 0.331. The number of nitrogens with zero attached hydrogens (tertiary/aromatic N) is 1. The van der Waals surface area contributed by atoms with Gasteiger partial charge in [-0.1, -0.05) is 13.8 Å². The fraction of sp³-hybridized carbons (Fsp3) is 1.00. The fourth-order valence-electron chi connectivity index (χ4n) is 2.53. The summed E-state index contributed by atoms with van der Waals surface area (Å²) >= 11 is 2.08. The quantitative estimate of drug-likeness (QED) is 0.759. The van der Waals surface area contributed by atoms with Gasteiger partial charge in [0, 0.05) is 12.1 Å². The van der Waals surface area contributed by atoms with Crippen LogP contribution in [0, 0.1) is 0 Å². The molecule has 0 spiro atoms. The van der Waals surface area contributed by atoms with Crippen molar-refractivity contribution in [2.24, 2.45) is 5.73 Å². The highest BCUT2D eigenvalue weighted by atomic mass is 32.2. The molecule has 2 N–H and O–H groups in total. The van der Waals surface area contributed by atoms with Crippen LogP contribution >= 0.6 is 11.8 Å². The van der Waals surface area contributed by atoms with Crippen molar-refractivity contribution >= 4 is 11.8 Å². The van der Waals surface area contributed by atoms with Gasteiger partial charge in [0.05, 0.1) is 0 Å². The number of thioether (sulfide) groups is 1. The fourth-order valence-corrected chi connectivity index (χ4v) is 3.78. The van der Waals surface area contributed by atoms with Gasteiger partial charge < -0.3 is 5.73 Å². The maximum Gasteiger partial charge on any atom is 0.0347 e. The van der Waals surface area contributed by atoms with Gasteiger partial charge >= 0.3 is 0 Å². The molecule has 0 amide bonds. The molecule has 0 bridgehead atoms. The van der Waals surface area contributed by atoms with Crippen LogP contribution in [0.4, 0.5) is 0 Å². The Labute approximate surface area is 99.0 Å². The van der Waals surface area contributed by atoms with Crippen LogP contribution in [0.5, 0.6) is 0 Å². The number of hydrogen-bond acceptors (Lipinski definition) is 3. The summed E-state index contributed by atoms with van der Waals surface area (Å²) in [4.78, 5) is 2.66. The molecule has 1 rings (SSSR count). The third kappa shape index (κ3) is 3.36. The van der Waals surface area contributed by atoms with E-state index in [1.54, 1.807) is 0 Å². The van der Waals surface area contributed by atoms with E-state index in [9.17, 15) is 0 Å². The largest absolute Gasteiger partial charge is 0.329 e. The topological polar surface area (TPSA) is 29.3 Å². The second-order valence-corrected chi connectivity index (χ2v) is 5.75. The lowest BCUT2D eigenvalue weighted by Gasteiger charge is -2.46. The molecule has 1 fully saturated rings. The molecule has 1 aliphatic heterocycles. The van der Waals surface area contributed by atoms with E-state index in [2.05, 4.69) is 30.5 Å². The summed E-state index contributed by atoms with van der Waals surface area (Å²) in [7, 11) is 0. The van der Waals surface area contributed by atoms with E-state index in [4.69, 9.17) is 5.73 Å². The summed E-state index contributed by atoms with van der Waals surface area (Å²) in [6, 6.07) is 0. The first-order valence-corrected chi connectivity index (χ1v) is 7.47. The van der Waals surface area contributed by atoms with Gasteiger partial charge in [0.15, 0.2) is 0 Å². The van der Waals surface area contributed by atoms with E-state index in [1.165, 1.54) is 50.3 Å². The molecule has 0 radical (unpaired) electrons. The first-order chi connectivity index (χ1) is 7.29. The second-order valence-electron chi connectivity index (χ2n) is 4.53. The summed E-state index contributed by atoms with van der Waals surface area (Å²) in [6.45, 7) is 7.81. The van der Waals surface area contributed by atoms with Crippen LogP contribution in [0.25, 0.3) is 0 Å². The Balaban J connectivity index is 2.65. The van der Waals surface area contributed by atoms with Gasteiger partial charge in [-0.15, -0.1) is 0 Å². The molecule has 2 nitrogen and oxygen atoms in total. The molecular formula is C12H26N2S. The van der Waals surface area contributed by atoms with Gasteiger partial charge in [0.2, 0.25) is 0 Å². The number of nitrogens with two attached hydrogens (primary N) is 1. The minimum absolute atomic E-state index is 0.331. The van der Waals surface area contributed by atoms with E-state index in [0.717, 1.165) is 6.54 Å². The highest BCUT2D eigenvalue weighted by Crippen LogP contribution is 2.32. The van der Waals surface area contributed by atoms with Gasteiger partial charge in [-0.25, -0.2) is 0 Å². The van der Waals surface area contributed by atoms with Gasteiger partial charge in [-0.05, 0) is 50.3 Å². The Hall–Kier alpha value is 0.270. The monoisotopic (exact) mass is 230 g/mol. The van der Waals surface area contributed by atoms with E-state index in [-0.39, 0.29) is 0 Å². The average molecular weight is 230 g/mol. The molecule has 15 heavy (non-hydrogen) atoms. The van der Waals surface area contributed by atoms with Crippen molar-refractivity contribution in [2.75, 3.05) is 31.1 Å². The van der Waals surface area contributed by atoms with Crippen LogP contribution < -0.4 is 5.73 Å². The van der Waals surface area contributed by atoms with E-state index < -0.39 is 0 Å². The third-order valence-corrected chi connectivity index (χ3v) is 4.45. The van der Waals surface area contributed by atoms with Crippen LogP contribution in [0.3, 0.4) is 0 Å². The molecule has 90 valence electrons. The SMILES string of the molecule is CCCN(CCC)C1(CN)CCSCC1. The van der Waals surface area contributed by atoms with Crippen LogP contribution in [0.15, 0.2) is 0 Å². The smallest absolute Gasteiger partial charge is 0.0347 e. The van der Waals surface area contributed by atoms with Crippen LogP contribution in [0.2, 0.25) is 0 Å². The summed E-state index contributed by atoms with van der Waals surface area (Å²) in [5, 5.41) is 0. The molecule has 1 aliphatic rings. The Morgan fingerprint density at radius 1 is 1.13 bits per heavy atom. The Morgan fingerprint density at radius 3 is 2.07 bits per heavy atom. The molecule has 3 heteroatoms. The van der Waals surface area contributed by atoms with E-state index in [1.807, 2.05) is 0 Å². The van der Waals surface area contributed by atoms with Gasteiger partial charge in [0.1, 0.15) is 0 Å². The lowest BCUT2D eigenvalue weighted by molar-refractivity contribution is 0.0844. The average Bonchev–Trinajstić information content (AvgIpc) is 2.30. The predicted octanol–water partition coefficient (Wildman–Crippen LogP) is 2.33. The second kappa shape index (κ2) is 6.77. The summed E-state index contributed by atoms with van der Waals surface area (Å²) in [5.41, 5.74) is 6.38. The zero-order chi connectivity index (χ0) is 11.1. The predicted molar refractivity (Wildman–Crippen MR) is 70.5 cm³/mol. The van der Waals surface area contributed by atoms with Gasteiger partial charge in [-0.2, -0.15) is 11.8 Å². The Kier molecular flexibility index (Phi) is 6.02. The molecule has 0 saturated carbocycles. The lowest BCUT2D eigenvalue weighted by Crippen LogP contribution is -2.56.